The third-order valence-corrected chi connectivity index (χ3v) is 5.78. The van der Waals surface area contributed by atoms with Crippen LogP contribution >= 0.6 is 23.1 Å². The Morgan fingerprint density at radius 1 is 1.50 bits per heavy atom. The molecule has 0 radical (unpaired) electrons. The van der Waals surface area contributed by atoms with Crippen LogP contribution in [-0.4, -0.2) is 34.3 Å². The fraction of sp³-hybridized carbons (Fsp3) is 0.467. The summed E-state index contributed by atoms with van der Waals surface area (Å²) in [6.45, 7) is 2.10. The van der Waals surface area contributed by atoms with Crippen LogP contribution in [0.1, 0.15) is 23.8 Å². The predicted molar refractivity (Wildman–Crippen MR) is 91.7 cm³/mol. The minimum atomic E-state index is -0.579. The number of hydrogen-bond donors (Lipinski definition) is 2. The van der Waals surface area contributed by atoms with Gasteiger partial charge in [-0.05, 0) is 36.8 Å². The molecule has 1 atom stereocenters. The summed E-state index contributed by atoms with van der Waals surface area (Å²) in [5.41, 5.74) is 6.35. The van der Waals surface area contributed by atoms with Crippen molar-refractivity contribution in [2.75, 3.05) is 12.3 Å². The van der Waals surface area contributed by atoms with Gasteiger partial charge in [-0.2, -0.15) is 0 Å². The van der Waals surface area contributed by atoms with Gasteiger partial charge in [-0.1, -0.05) is 18.7 Å². The molecule has 0 aliphatic heterocycles. The van der Waals surface area contributed by atoms with Crippen LogP contribution in [0.15, 0.2) is 15.7 Å². The van der Waals surface area contributed by atoms with E-state index in [1.54, 1.807) is 11.3 Å². The first kappa shape index (κ1) is 17.0. The lowest BCUT2D eigenvalue weighted by Crippen LogP contribution is -2.34. The number of nitrogens with one attached hydrogen (secondary N) is 1. The van der Waals surface area contributed by atoms with Gasteiger partial charge >= 0.3 is 0 Å². The molecule has 2 aromatic heterocycles. The van der Waals surface area contributed by atoms with Gasteiger partial charge in [-0.15, -0.1) is 21.5 Å². The molecule has 0 bridgehead atoms. The molecule has 1 aliphatic carbocycles. The number of rotatable bonds is 6. The van der Waals surface area contributed by atoms with Crippen molar-refractivity contribution < 1.29 is 14.0 Å². The number of thiophene rings is 1. The Morgan fingerprint density at radius 3 is 3.12 bits per heavy atom. The molecule has 2 heterocycles. The largest absolute Gasteiger partial charge is 0.410 e. The first-order valence-corrected chi connectivity index (χ1v) is 9.44. The molecule has 0 spiro atoms. The quantitative estimate of drug-likeness (QED) is 0.752. The molecule has 0 aromatic carbocycles. The smallest absolute Gasteiger partial charge is 0.277 e. The maximum Gasteiger partial charge on any atom is 0.277 e. The zero-order chi connectivity index (χ0) is 17.1. The maximum atomic E-state index is 11.5. The summed E-state index contributed by atoms with van der Waals surface area (Å²) in [4.78, 5) is 24.5. The molecule has 128 valence electrons. The van der Waals surface area contributed by atoms with E-state index in [1.807, 2.05) is 0 Å². The van der Waals surface area contributed by atoms with Crippen LogP contribution in [0.5, 0.6) is 0 Å². The molecular formula is C15H18N4O3S2. The van der Waals surface area contributed by atoms with Gasteiger partial charge < -0.3 is 15.5 Å². The summed E-state index contributed by atoms with van der Waals surface area (Å²) in [6.07, 6.45) is 3.43. The number of fused-ring (bicyclic) bond motifs is 1. The van der Waals surface area contributed by atoms with Crippen LogP contribution in [-0.2, 0) is 22.4 Å². The number of primary amides is 1. The van der Waals surface area contributed by atoms with Crippen LogP contribution in [0.4, 0.5) is 0 Å². The third kappa shape index (κ3) is 4.15. The average Bonchev–Trinajstić information content (AvgIpc) is 3.16. The molecule has 3 N–H and O–H groups in total. The standard InChI is InChI=1S/C15H18N4O3S2/c1-8-2-3-10-9(4-8)5-11(24-10)14-18-19-15(22-14)23-7-13(21)17-6-12(16)20/h5,8H,2-4,6-7H2,1H3,(H2,16,20)(H,17,21)/t8-/m0/s1. The lowest BCUT2D eigenvalue weighted by molar-refractivity contribution is -0.123. The summed E-state index contributed by atoms with van der Waals surface area (Å²) in [7, 11) is 0. The Hall–Kier alpha value is -1.87. The Morgan fingerprint density at radius 2 is 2.33 bits per heavy atom. The second kappa shape index (κ2) is 7.35. The lowest BCUT2D eigenvalue weighted by Gasteiger charge is -2.16. The molecule has 9 heteroatoms. The number of thioether (sulfide) groups is 1. The van der Waals surface area contributed by atoms with Gasteiger partial charge in [-0.3, -0.25) is 9.59 Å². The van der Waals surface area contributed by atoms with Crippen LogP contribution in [0.25, 0.3) is 10.8 Å². The van der Waals surface area contributed by atoms with Gasteiger partial charge in [0.25, 0.3) is 11.1 Å². The average molecular weight is 366 g/mol. The topological polar surface area (TPSA) is 111 Å². The fourth-order valence-electron chi connectivity index (χ4n) is 2.54. The summed E-state index contributed by atoms with van der Waals surface area (Å²) in [6, 6.07) is 2.14. The van der Waals surface area contributed by atoms with Crippen molar-refractivity contribution in [3.8, 4) is 10.8 Å². The summed E-state index contributed by atoms with van der Waals surface area (Å²) >= 11 is 2.83. The van der Waals surface area contributed by atoms with E-state index < -0.39 is 5.91 Å². The van der Waals surface area contributed by atoms with E-state index in [1.165, 1.54) is 16.9 Å². The molecule has 3 rings (SSSR count). The van der Waals surface area contributed by atoms with Gasteiger partial charge in [-0.25, -0.2) is 0 Å². The highest BCUT2D eigenvalue weighted by atomic mass is 32.2. The predicted octanol–water partition coefficient (Wildman–Crippen LogP) is 1.62. The summed E-state index contributed by atoms with van der Waals surface area (Å²) in [5.74, 6) is 0.409. The molecule has 7 nitrogen and oxygen atoms in total. The SMILES string of the molecule is C[C@H]1CCc2sc(-c3nnc(SCC(=O)NCC(N)=O)o3)cc2C1. The minimum absolute atomic E-state index is 0.0906. The summed E-state index contributed by atoms with van der Waals surface area (Å²) in [5, 5.41) is 10.8. The second-order valence-electron chi connectivity index (χ2n) is 5.81. The number of nitrogens with two attached hydrogens (primary N) is 1. The molecule has 0 saturated carbocycles. The molecule has 24 heavy (non-hydrogen) atoms. The van der Waals surface area contributed by atoms with Crippen molar-refractivity contribution in [3.63, 3.8) is 0 Å². The van der Waals surface area contributed by atoms with E-state index in [4.69, 9.17) is 10.2 Å². The number of amides is 2. The number of carbonyl (C=O) groups excluding carboxylic acids is 2. The normalized spacial score (nSPS) is 16.6. The van der Waals surface area contributed by atoms with Crippen LogP contribution < -0.4 is 11.1 Å². The van der Waals surface area contributed by atoms with Gasteiger partial charge in [0.1, 0.15) is 0 Å². The zero-order valence-electron chi connectivity index (χ0n) is 13.2. The number of aryl methyl sites for hydroxylation is 1. The van der Waals surface area contributed by atoms with Gasteiger partial charge in [0, 0.05) is 4.88 Å². The Kier molecular flexibility index (Phi) is 5.20. The summed E-state index contributed by atoms with van der Waals surface area (Å²) < 4.78 is 5.63. The number of hydrogen-bond acceptors (Lipinski definition) is 7. The van der Waals surface area contributed by atoms with Crippen LogP contribution in [0.2, 0.25) is 0 Å². The van der Waals surface area contributed by atoms with E-state index in [0.717, 1.165) is 29.5 Å². The third-order valence-electron chi connectivity index (χ3n) is 3.73. The molecule has 0 unspecified atom stereocenters. The Labute approximate surface area is 147 Å². The van der Waals surface area contributed by atoms with E-state index in [2.05, 4.69) is 28.5 Å². The molecule has 0 saturated heterocycles. The number of aromatic nitrogens is 2. The number of nitrogens with zero attached hydrogens (tertiary/aromatic N) is 2. The highest BCUT2D eigenvalue weighted by Crippen LogP contribution is 2.37. The van der Waals surface area contributed by atoms with Gasteiger partial charge in [0.15, 0.2) is 0 Å². The molecular weight excluding hydrogens is 348 g/mol. The minimum Gasteiger partial charge on any atom is -0.410 e. The van der Waals surface area contributed by atoms with Crippen molar-refractivity contribution in [1.82, 2.24) is 15.5 Å². The first-order chi connectivity index (χ1) is 11.5. The van der Waals surface area contributed by atoms with Crippen molar-refractivity contribution in [2.24, 2.45) is 11.7 Å². The van der Waals surface area contributed by atoms with Gasteiger partial charge in [0.05, 0.1) is 17.2 Å². The van der Waals surface area contributed by atoms with Crippen LogP contribution in [0.3, 0.4) is 0 Å². The molecule has 1 aliphatic rings. The van der Waals surface area contributed by atoms with Crippen molar-refractivity contribution in [1.29, 1.82) is 0 Å². The fourth-order valence-corrected chi connectivity index (χ4v) is 4.27. The van der Waals surface area contributed by atoms with E-state index in [0.29, 0.717) is 17.0 Å². The Balaban J connectivity index is 1.60. The van der Waals surface area contributed by atoms with E-state index in [-0.39, 0.29) is 18.2 Å². The number of carbonyl (C=O) groups is 2. The molecule has 2 amide bonds. The first-order valence-electron chi connectivity index (χ1n) is 7.64. The zero-order valence-corrected chi connectivity index (χ0v) is 14.8. The monoisotopic (exact) mass is 366 g/mol. The Bertz CT molecular complexity index is 756. The van der Waals surface area contributed by atoms with E-state index in [9.17, 15) is 9.59 Å². The van der Waals surface area contributed by atoms with Crippen LogP contribution in [0, 0.1) is 5.92 Å². The van der Waals surface area contributed by atoms with Crippen molar-refractivity contribution in [2.45, 2.75) is 31.4 Å². The lowest BCUT2D eigenvalue weighted by atomic mass is 9.90. The highest BCUT2D eigenvalue weighted by molar-refractivity contribution is 7.99. The van der Waals surface area contributed by atoms with Crippen molar-refractivity contribution >= 4 is 34.9 Å². The molecule has 0 fully saturated rings. The van der Waals surface area contributed by atoms with Gasteiger partial charge in [0.2, 0.25) is 11.8 Å². The molecule has 2 aromatic rings. The highest BCUT2D eigenvalue weighted by Gasteiger charge is 2.21. The maximum absolute atomic E-state index is 11.5. The van der Waals surface area contributed by atoms with Crippen molar-refractivity contribution in [3.05, 3.63) is 16.5 Å². The second-order valence-corrected chi connectivity index (χ2v) is 7.88. The van der Waals surface area contributed by atoms with E-state index >= 15 is 0 Å².